The molecule has 2 aromatic rings. The summed E-state index contributed by atoms with van der Waals surface area (Å²) < 4.78 is 5.39. The summed E-state index contributed by atoms with van der Waals surface area (Å²) in [6.45, 7) is 6.56. The Hall–Kier alpha value is -1.68. The lowest BCUT2D eigenvalue weighted by atomic mass is 10.0. The Morgan fingerprint density at radius 3 is 2.67 bits per heavy atom. The van der Waals surface area contributed by atoms with Gasteiger partial charge >= 0.3 is 0 Å². The van der Waals surface area contributed by atoms with Crippen LogP contribution in [-0.2, 0) is 12.8 Å². The van der Waals surface area contributed by atoms with Crippen LogP contribution >= 0.6 is 0 Å². The molecule has 0 radical (unpaired) electrons. The maximum atomic E-state index is 5.39. The molecule has 0 amide bonds. The van der Waals surface area contributed by atoms with Gasteiger partial charge in [0.25, 0.3) is 0 Å². The van der Waals surface area contributed by atoms with Gasteiger partial charge in [-0.3, -0.25) is 0 Å². The van der Waals surface area contributed by atoms with Gasteiger partial charge in [0.15, 0.2) is 5.82 Å². The monoisotopic (exact) mass is 287 g/mol. The SMILES string of the molecule is CNC(Cc1nc(Cc2ccccc2C)no1)CC(C)C. The van der Waals surface area contributed by atoms with Crippen molar-refractivity contribution in [3.05, 3.63) is 47.1 Å². The van der Waals surface area contributed by atoms with E-state index in [-0.39, 0.29) is 0 Å². The zero-order chi connectivity index (χ0) is 15.2. The van der Waals surface area contributed by atoms with Crippen LogP contribution in [0.3, 0.4) is 0 Å². The summed E-state index contributed by atoms with van der Waals surface area (Å²) in [4.78, 5) is 4.52. The van der Waals surface area contributed by atoms with Crippen LogP contribution in [0.15, 0.2) is 28.8 Å². The van der Waals surface area contributed by atoms with E-state index < -0.39 is 0 Å². The van der Waals surface area contributed by atoms with Gasteiger partial charge in [0, 0.05) is 18.9 Å². The van der Waals surface area contributed by atoms with Gasteiger partial charge in [0.1, 0.15) is 0 Å². The third kappa shape index (κ3) is 4.67. The maximum Gasteiger partial charge on any atom is 0.228 e. The zero-order valence-corrected chi connectivity index (χ0v) is 13.4. The van der Waals surface area contributed by atoms with Crippen LogP contribution in [-0.4, -0.2) is 23.2 Å². The molecule has 0 spiro atoms. The van der Waals surface area contributed by atoms with Crippen molar-refractivity contribution < 1.29 is 4.52 Å². The number of aryl methyl sites for hydroxylation is 1. The molecule has 1 heterocycles. The molecule has 0 saturated carbocycles. The molecule has 1 aromatic carbocycles. The van der Waals surface area contributed by atoms with Crippen molar-refractivity contribution in [3.63, 3.8) is 0 Å². The van der Waals surface area contributed by atoms with Gasteiger partial charge in [-0.1, -0.05) is 43.3 Å². The fraction of sp³-hybridized carbons (Fsp3) is 0.529. The van der Waals surface area contributed by atoms with Crippen molar-refractivity contribution >= 4 is 0 Å². The maximum absolute atomic E-state index is 5.39. The van der Waals surface area contributed by atoms with Crippen LogP contribution in [0.25, 0.3) is 0 Å². The summed E-state index contributed by atoms with van der Waals surface area (Å²) in [6, 6.07) is 8.69. The van der Waals surface area contributed by atoms with E-state index in [1.54, 1.807) is 0 Å². The number of hydrogen-bond donors (Lipinski definition) is 1. The standard InChI is InChI=1S/C17H25N3O/c1-12(2)9-15(18-4)11-17-19-16(20-21-17)10-14-8-6-5-7-13(14)3/h5-8,12,15,18H,9-11H2,1-4H3. The minimum atomic E-state index is 0.386. The van der Waals surface area contributed by atoms with E-state index in [9.17, 15) is 0 Å². The lowest BCUT2D eigenvalue weighted by molar-refractivity contribution is 0.342. The van der Waals surface area contributed by atoms with Crippen molar-refractivity contribution in [2.75, 3.05) is 7.05 Å². The number of rotatable bonds is 7. The molecular weight excluding hydrogens is 262 g/mol. The molecule has 1 N–H and O–H groups in total. The Labute approximate surface area is 127 Å². The van der Waals surface area contributed by atoms with E-state index in [4.69, 9.17) is 4.52 Å². The summed E-state index contributed by atoms with van der Waals surface area (Å²) in [5.74, 6) is 2.13. The number of nitrogens with one attached hydrogen (secondary N) is 1. The highest BCUT2D eigenvalue weighted by atomic mass is 16.5. The van der Waals surface area contributed by atoms with Crippen LogP contribution in [0.1, 0.15) is 43.1 Å². The first kappa shape index (κ1) is 15.7. The second-order valence-corrected chi connectivity index (χ2v) is 6.03. The van der Waals surface area contributed by atoms with Crippen molar-refractivity contribution in [3.8, 4) is 0 Å². The van der Waals surface area contributed by atoms with E-state index in [0.29, 0.717) is 12.0 Å². The highest BCUT2D eigenvalue weighted by Crippen LogP contribution is 2.13. The van der Waals surface area contributed by atoms with E-state index in [1.165, 1.54) is 11.1 Å². The smallest absolute Gasteiger partial charge is 0.228 e. The minimum Gasteiger partial charge on any atom is -0.339 e. The fourth-order valence-electron chi connectivity index (χ4n) is 2.51. The van der Waals surface area contributed by atoms with Gasteiger partial charge in [-0.15, -0.1) is 0 Å². The molecule has 0 aliphatic heterocycles. The molecule has 1 unspecified atom stereocenters. The summed E-state index contributed by atoms with van der Waals surface area (Å²) >= 11 is 0. The highest BCUT2D eigenvalue weighted by Gasteiger charge is 2.15. The Balaban J connectivity index is 1.99. The zero-order valence-electron chi connectivity index (χ0n) is 13.4. The topological polar surface area (TPSA) is 51.0 Å². The summed E-state index contributed by atoms with van der Waals surface area (Å²) in [5, 5.41) is 7.43. The van der Waals surface area contributed by atoms with Crippen molar-refractivity contribution in [1.29, 1.82) is 0 Å². The molecule has 0 aliphatic rings. The van der Waals surface area contributed by atoms with Gasteiger partial charge in [-0.2, -0.15) is 4.98 Å². The van der Waals surface area contributed by atoms with Gasteiger partial charge in [-0.25, -0.2) is 0 Å². The van der Waals surface area contributed by atoms with Crippen molar-refractivity contribution in [2.24, 2.45) is 5.92 Å². The quantitative estimate of drug-likeness (QED) is 0.850. The molecule has 4 heteroatoms. The molecule has 114 valence electrons. The highest BCUT2D eigenvalue weighted by molar-refractivity contribution is 5.27. The molecule has 2 rings (SSSR count). The van der Waals surface area contributed by atoms with Gasteiger partial charge < -0.3 is 9.84 Å². The number of benzene rings is 1. The lowest BCUT2D eigenvalue weighted by Crippen LogP contribution is -2.29. The summed E-state index contributed by atoms with van der Waals surface area (Å²) in [5.41, 5.74) is 2.51. The Kier molecular flexibility index (Phi) is 5.51. The predicted octanol–water partition coefficient (Wildman–Crippen LogP) is 3.15. The Morgan fingerprint density at radius 1 is 1.24 bits per heavy atom. The first-order valence-electron chi connectivity index (χ1n) is 7.61. The van der Waals surface area contributed by atoms with E-state index in [0.717, 1.165) is 31.0 Å². The predicted molar refractivity (Wildman–Crippen MR) is 84.3 cm³/mol. The number of hydrogen-bond acceptors (Lipinski definition) is 4. The second kappa shape index (κ2) is 7.36. The third-order valence-electron chi connectivity index (χ3n) is 3.71. The van der Waals surface area contributed by atoms with E-state index in [2.05, 4.69) is 48.4 Å². The molecule has 1 atom stereocenters. The molecule has 0 fully saturated rings. The van der Waals surface area contributed by atoms with Crippen LogP contribution in [0.2, 0.25) is 0 Å². The van der Waals surface area contributed by atoms with Crippen LogP contribution in [0, 0.1) is 12.8 Å². The first-order chi connectivity index (χ1) is 10.1. The molecule has 0 saturated heterocycles. The second-order valence-electron chi connectivity index (χ2n) is 6.03. The largest absolute Gasteiger partial charge is 0.339 e. The summed E-state index contributed by atoms with van der Waals surface area (Å²) in [7, 11) is 1.98. The Bertz CT molecular complexity index is 563. The van der Waals surface area contributed by atoms with Crippen molar-refractivity contribution in [2.45, 2.75) is 46.1 Å². The van der Waals surface area contributed by atoms with Gasteiger partial charge in [0.05, 0.1) is 0 Å². The molecule has 4 nitrogen and oxygen atoms in total. The number of likely N-dealkylation sites (N-methyl/N-ethyl adjacent to an activating group) is 1. The lowest BCUT2D eigenvalue weighted by Gasteiger charge is -2.15. The molecule has 1 aromatic heterocycles. The molecule has 21 heavy (non-hydrogen) atoms. The van der Waals surface area contributed by atoms with Crippen LogP contribution < -0.4 is 5.32 Å². The average Bonchev–Trinajstić information content (AvgIpc) is 2.87. The van der Waals surface area contributed by atoms with Crippen molar-refractivity contribution in [1.82, 2.24) is 15.5 Å². The number of nitrogens with zero attached hydrogens (tertiary/aromatic N) is 2. The van der Waals surface area contributed by atoms with E-state index >= 15 is 0 Å². The fourth-order valence-corrected chi connectivity index (χ4v) is 2.51. The Morgan fingerprint density at radius 2 is 2.00 bits per heavy atom. The van der Waals surface area contributed by atoms with Gasteiger partial charge in [0.2, 0.25) is 5.89 Å². The van der Waals surface area contributed by atoms with Gasteiger partial charge in [-0.05, 0) is 37.4 Å². The van der Waals surface area contributed by atoms with Crippen LogP contribution in [0.5, 0.6) is 0 Å². The van der Waals surface area contributed by atoms with E-state index in [1.807, 2.05) is 19.2 Å². The average molecular weight is 287 g/mol. The molecular formula is C17H25N3O. The number of aromatic nitrogens is 2. The normalized spacial score (nSPS) is 12.8. The van der Waals surface area contributed by atoms with Crippen LogP contribution in [0.4, 0.5) is 0 Å². The minimum absolute atomic E-state index is 0.386. The third-order valence-corrected chi connectivity index (χ3v) is 3.71. The molecule has 0 bridgehead atoms. The summed E-state index contributed by atoms with van der Waals surface area (Å²) in [6.07, 6.45) is 2.62. The molecule has 0 aliphatic carbocycles. The first-order valence-corrected chi connectivity index (χ1v) is 7.61.